The number of aliphatic imine (C=N–C) groups is 1. The molecule has 118 valence electrons. The molecule has 1 aromatic carbocycles. The van der Waals surface area contributed by atoms with Gasteiger partial charge in [0.1, 0.15) is 5.76 Å². The SMILES string of the molecule is CN=C(NCCc1ccco1)NC(C)CCc1ccccc1. The van der Waals surface area contributed by atoms with Crippen LogP contribution in [0, 0.1) is 0 Å². The van der Waals surface area contributed by atoms with Crippen LogP contribution in [0.3, 0.4) is 0 Å². The normalized spacial score (nSPS) is 12.9. The van der Waals surface area contributed by atoms with Crippen LogP contribution in [-0.2, 0) is 12.8 Å². The molecule has 1 atom stereocenters. The number of guanidine groups is 1. The molecular formula is C18H25N3O. The maximum absolute atomic E-state index is 5.32. The van der Waals surface area contributed by atoms with Crippen LogP contribution in [0.15, 0.2) is 58.1 Å². The van der Waals surface area contributed by atoms with Gasteiger partial charge in [-0.25, -0.2) is 0 Å². The first-order valence-corrected chi connectivity index (χ1v) is 7.81. The van der Waals surface area contributed by atoms with Gasteiger partial charge in [0.15, 0.2) is 5.96 Å². The molecule has 0 radical (unpaired) electrons. The number of furan rings is 1. The first kappa shape index (κ1) is 16.1. The summed E-state index contributed by atoms with van der Waals surface area (Å²) in [6.07, 6.45) is 4.70. The molecule has 2 rings (SSSR count). The molecule has 1 heterocycles. The van der Waals surface area contributed by atoms with Gasteiger partial charge in [-0.2, -0.15) is 0 Å². The Labute approximate surface area is 132 Å². The van der Waals surface area contributed by atoms with Crippen LogP contribution in [0.5, 0.6) is 0 Å². The zero-order valence-electron chi connectivity index (χ0n) is 13.4. The summed E-state index contributed by atoms with van der Waals surface area (Å²) in [5, 5.41) is 6.74. The fraction of sp³-hybridized carbons (Fsp3) is 0.389. The van der Waals surface area contributed by atoms with Crippen molar-refractivity contribution in [1.29, 1.82) is 0 Å². The monoisotopic (exact) mass is 299 g/mol. The Balaban J connectivity index is 1.68. The summed E-state index contributed by atoms with van der Waals surface area (Å²) in [4.78, 5) is 4.27. The van der Waals surface area contributed by atoms with E-state index in [0.29, 0.717) is 6.04 Å². The highest BCUT2D eigenvalue weighted by Gasteiger charge is 2.05. The van der Waals surface area contributed by atoms with Gasteiger partial charge in [-0.15, -0.1) is 0 Å². The van der Waals surface area contributed by atoms with Crippen molar-refractivity contribution < 1.29 is 4.42 Å². The molecule has 4 heteroatoms. The fourth-order valence-electron chi connectivity index (χ4n) is 2.29. The molecule has 4 nitrogen and oxygen atoms in total. The van der Waals surface area contributed by atoms with Gasteiger partial charge in [-0.3, -0.25) is 4.99 Å². The van der Waals surface area contributed by atoms with E-state index in [0.717, 1.165) is 37.5 Å². The quantitative estimate of drug-likeness (QED) is 0.610. The summed E-state index contributed by atoms with van der Waals surface area (Å²) >= 11 is 0. The Hall–Kier alpha value is -2.23. The Bertz CT molecular complexity index is 549. The predicted octanol–water partition coefficient (Wildman–Crippen LogP) is 3.01. The lowest BCUT2D eigenvalue weighted by Crippen LogP contribution is -2.43. The smallest absolute Gasteiger partial charge is 0.191 e. The second kappa shape index (κ2) is 8.93. The molecule has 0 bridgehead atoms. The first-order chi connectivity index (χ1) is 10.8. The van der Waals surface area contributed by atoms with Crippen molar-refractivity contribution >= 4 is 5.96 Å². The first-order valence-electron chi connectivity index (χ1n) is 7.81. The molecule has 1 unspecified atom stereocenters. The van der Waals surface area contributed by atoms with E-state index in [4.69, 9.17) is 4.42 Å². The number of hydrogen-bond acceptors (Lipinski definition) is 2. The molecule has 1 aromatic heterocycles. The molecule has 0 aliphatic carbocycles. The molecule has 0 aliphatic heterocycles. The zero-order chi connectivity index (χ0) is 15.6. The third-order valence-corrected chi connectivity index (χ3v) is 3.56. The molecule has 0 amide bonds. The Morgan fingerprint density at radius 1 is 1.14 bits per heavy atom. The van der Waals surface area contributed by atoms with Gasteiger partial charge in [0.05, 0.1) is 6.26 Å². The average molecular weight is 299 g/mol. The summed E-state index contributed by atoms with van der Waals surface area (Å²) < 4.78 is 5.32. The van der Waals surface area contributed by atoms with Crippen LogP contribution in [0.25, 0.3) is 0 Å². The number of aryl methyl sites for hydroxylation is 1. The highest BCUT2D eigenvalue weighted by Crippen LogP contribution is 2.04. The number of nitrogens with one attached hydrogen (secondary N) is 2. The van der Waals surface area contributed by atoms with E-state index in [1.54, 1.807) is 13.3 Å². The van der Waals surface area contributed by atoms with Crippen molar-refractivity contribution in [3.8, 4) is 0 Å². The average Bonchev–Trinajstić information content (AvgIpc) is 3.06. The van der Waals surface area contributed by atoms with E-state index in [1.807, 2.05) is 12.1 Å². The van der Waals surface area contributed by atoms with Crippen LogP contribution in [0.1, 0.15) is 24.7 Å². The second-order valence-corrected chi connectivity index (χ2v) is 5.40. The molecule has 2 N–H and O–H groups in total. The minimum absolute atomic E-state index is 0.370. The Morgan fingerprint density at radius 2 is 1.95 bits per heavy atom. The molecule has 0 spiro atoms. The van der Waals surface area contributed by atoms with E-state index >= 15 is 0 Å². The van der Waals surface area contributed by atoms with Crippen molar-refractivity contribution in [2.45, 2.75) is 32.2 Å². The van der Waals surface area contributed by atoms with Crippen LogP contribution in [0.4, 0.5) is 0 Å². The summed E-state index contributed by atoms with van der Waals surface area (Å²) in [5.74, 6) is 1.83. The summed E-state index contributed by atoms with van der Waals surface area (Å²) in [6.45, 7) is 2.99. The minimum Gasteiger partial charge on any atom is -0.469 e. The van der Waals surface area contributed by atoms with Crippen molar-refractivity contribution in [2.75, 3.05) is 13.6 Å². The van der Waals surface area contributed by atoms with E-state index < -0.39 is 0 Å². The van der Waals surface area contributed by atoms with Gasteiger partial charge in [0, 0.05) is 26.1 Å². The van der Waals surface area contributed by atoms with E-state index in [-0.39, 0.29) is 0 Å². The van der Waals surface area contributed by atoms with Crippen LogP contribution < -0.4 is 10.6 Å². The van der Waals surface area contributed by atoms with Gasteiger partial charge in [0.2, 0.25) is 0 Å². The van der Waals surface area contributed by atoms with Gasteiger partial charge in [-0.05, 0) is 37.5 Å². The molecule has 0 fully saturated rings. The summed E-state index contributed by atoms with van der Waals surface area (Å²) in [5.41, 5.74) is 1.37. The minimum atomic E-state index is 0.370. The van der Waals surface area contributed by atoms with Crippen molar-refractivity contribution in [2.24, 2.45) is 4.99 Å². The molecule has 0 saturated heterocycles. The molecule has 22 heavy (non-hydrogen) atoms. The Morgan fingerprint density at radius 3 is 2.64 bits per heavy atom. The largest absolute Gasteiger partial charge is 0.469 e. The highest BCUT2D eigenvalue weighted by atomic mass is 16.3. The zero-order valence-corrected chi connectivity index (χ0v) is 13.4. The number of benzene rings is 1. The van der Waals surface area contributed by atoms with Crippen LogP contribution >= 0.6 is 0 Å². The Kier molecular flexibility index (Phi) is 6.55. The molecule has 0 aliphatic rings. The molecule has 2 aromatic rings. The third kappa shape index (κ3) is 5.64. The van der Waals surface area contributed by atoms with E-state index in [2.05, 4.69) is 52.9 Å². The van der Waals surface area contributed by atoms with Crippen LogP contribution in [0.2, 0.25) is 0 Å². The van der Waals surface area contributed by atoms with Gasteiger partial charge < -0.3 is 15.1 Å². The predicted molar refractivity (Wildman–Crippen MR) is 91.1 cm³/mol. The highest BCUT2D eigenvalue weighted by molar-refractivity contribution is 5.79. The summed E-state index contributed by atoms with van der Waals surface area (Å²) in [7, 11) is 1.80. The maximum atomic E-state index is 5.32. The van der Waals surface area contributed by atoms with Gasteiger partial charge in [0.25, 0.3) is 0 Å². The molecular weight excluding hydrogens is 274 g/mol. The van der Waals surface area contributed by atoms with E-state index in [9.17, 15) is 0 Å². The van der Waals surface area contributed by atoms with Gasteiger partial charge in [-0.1, -0.05) is 30.3 Å². The lowest BCUT2D eigenvalue weighted by atomic mass is 10.1. The lowest BCUT2D eigenvalue weighted by Gasteiger charge is -2.17. The summed E-state index contributed by atoms with van der Waals surface area (Å²) in [6, 6.07) is 14.8. The number of hydrogen-bond donors (Lipinski definition) is 2. The van der Waals surface area contributed by atoms with Crippen LogP contribution in [-0.4, -0.2) is 25.6 Å². The second-order valence-electron chi connectivity index (χ2n) is 5.40. The van der Waals surface area contributed by atoms with Crippen molar-refractivity contribution in [3.63, 3.8) is 0 Å². The number of nitrogens with zero attached hydrogens (tertiary/aromatic N) is 1. The van der Waals surface area contributed by atoms with Crippen molar-refractivity contribution in [3.05, 3.63) is 60.1 Å². The fourth-order valence-corrected chi connectivity index (χ4v) is 2.29. The lowest BCUT2D eigenvalue weighted by molar-refractivity contribution is 0.506. The molecule has 0 saturated carbocycles. The standard InChI is InChI=1S/C18H25N3O/c1-15(10-11-16-7-4-3-5-8-16)21-18(19-2)20-13-12-17-9-6-14-22-17/h3-9,14-15H,10-13H2,1-2H3,(H2,19,20,21). The topological polar surface area (TPSA) is 49.6 Å². The maximum Gasteiger partial charge on any atom is 0.191 e. The van der Waals surface area contributed by atoms with E-state index in [1.165, 1.54) is 5.56 Å². The van der Waals surface area contributed by atoms with Gasteiger partial charge >= 0.3 is 0 Å². The number of rotatable bonds is 7. The van der Waals surface area contributed by atoms with Crippen molar-refractivity contribution in [1.82, 2.24) is 10.6 Å². The third-order valence-electron chi connectivity index (χ3n) is 3.56.